The van der Waals surface area contributed by atoms with Crippen LogP contribution in [0.1, 0.15) is 25.5 Å². The third-order valence-electron chi connectivity index (χ3n) is 2.97. The lowest BCUT2D eigenvalue weighted by molar-refractivity contribution is 0.707. The van der Waals surface area contributed by atoms with Crippen LogP contribution in [0.4, 0.5) is 0 Å². The Morgan fingerprint density at radius 1 is 1.38 bits per heavy atom. The van der Waals surface area contributed by atoms with Crippen LogP contribution in [0.15, 0.2) is 24.3 Å². The summed E-state index contributed by atoms with van der Waals surface area (Å²) in [6.07, 6.45) is 3.37. The van der Waals surface area contributed by atoms with Crippen molar-refractivity contribution in [2.45, 2.75) is 31.0 Å². The van der Waals surface area contributed by atoms with E-state index in [1.165, 1.54) is 23.0 Å². The SMILES string of the molecule is CCC(Br)CCc1nn(C)c2ccccc12. The molecule has 0 spiro atoms. The fourth-order valence-electron chi connectivity index (χ4n) is 1.97. The zero-order chi connectivity index (χ0) is 11.5. The van der Waals surface area contributed by atoms with E-state index in [1.807, 2.05) is 11.7 Å². The highest BCUT2D eigenvalue weighted by Crippen LogP contribution is 2.20. The van der Waals surface area contributed by atoms with Gasteiger partial charge in [0.05, 0.1) is 11.2 Å². The van der Waals surface area contributed by atoms with Crippen LogP contribution >= 0.6 is 15.9 Å². The number of halogens is 1. The molecule has 1 heterocycles. The first-order valence-corrected chi connectivity index (χ1v) is 6.68. The molecule has 2 rings (SSSR count). The molecule has 2 aromatic rings. The first-order valence-electron chi connectivity index (χ1n) is 5.77. The number of aryl methyl sites for hydroxylation is 2. The minimum atomic E-state index is 0.605. The Hall–Kier alpha value is -0.830. The molecule has 16 heavy (non-hydrogen) atoms. The van der Waals surface area contributed by atoms with E-state index < -0.39 is 0 Å². The van der Waals surface area contributed by atoms with Crippen molar-refractivity contribution in [3.8, 4) is 0 Å². The summed E-state index contributed by atoms with van der Waals surface area (Å²) in [4.78, 5) is 0.605. The quantitative estimate of drug-likeness (QED) is 0.782. The summed E-state index contributed by atoms with van der Waals surface area (Å²) in [5, 5.41) is 5.88. The van der Waals surface area contributed by atoms with E-state index in [2.05, 4.69) is 52.2 Å². The molecular weight excluding hydrogens is 264 g/mol. The van der Waals surface area contributed by atoms with E-state index >= 15 is 0 Å². The molecule has 0 radical (unpaired) electrons. The van der Waals surface area contributed by atoms with Crippen LogP contribution in [0.25, 0.3) is 10.9 Å². The van der Waals surface area contributed by atoms with Crippen LogP contribution < -0.4 is 0 Å². The monoisotopic (exact) mass is 280 g/mol. The van der Waals surface area contributed by atoms with Crippen LogP contribution in [0.3, 0.4) is 0 Å². The normalized spacial score (nSPS) is 13.2. The second-order valence-electron chi connectivity index (χ2n) is 4.13. The largest absolute Gasteiger partial charge is 0.268 e. The zero-order valence-corrected chi connectivity index (χ0v) is 11.4. The van der Waals surface area contributed by atoms with Gasteiger partial charge >= 0.3 is 0 Å². The van der Waals surface area contributed by atoms with Gasteiger partial charge in [0.2, 0.25) is 0 Å². The maximum absolute atomic E-state index is 4.59. The Labute approximate surface area is 105 Å². The lowest BCUT2D eigenvalue weighted by Gasteiger charge is -2.04. The average Bonchev–Trinajstić information content (AvgIpc) is 2.64. The third-order valence-corrected chi connectivity index (χ3v) is 4.08. The maximum Gasteiger partial charge on any atom is 0.0703 e. The zero-order valence-electron chi connectivity index (χ0n) is 9.78. The van der Waals surface area contributed by atoms with Gasteiger partial charge < -0.3 is 0 Å². The number of alkyl halides is 1. The molecule has 1 aromatic heterocycles. The molecule has 0 aliphatic heterocycles. The Balaban J connectivity index is 2.24. The molecular formula is C13H17BrN2. The maximum atomic E-state index is 4.59. The van der Waals surface area contributed by atoms with Crippen molar-refractivity contribution in [3.05, 3.63) is 30.0 Å². The molecule has 3 heteroatoms. The minimum Gasteiger partial charge on any atom is -0.268 e. The summed E-state index contributed by atoms with van der Waals surface area (Å²) in [5.41, 5.74) is 2.44. The number of benzene rings is 1. The molecule has 0 aliphatic rings. The molecule has 1 aromatic carbocycles. The summed E-state index contributed by atoms with van der Waals surface area (Å²) in [6.45, 7) is 2.20. The van der Waals surface area contributed by atoms with Gasteiger partial charge in [0.1, 0.15) is 0 Å². The standard InChI is InChI=1S/C13H17BrN2/c1-3-10(14)8-9-12-11-6-4-5-7-13(11)16(2)15-12/h4-7,10H,3,8-9H2,1-2H3. The van der Waals surface area contributed by atoms with Gasteiger partial charge in [-0.1, -0.05) is 41.1 Å². The number of fused-ring (bicyclic) bond motifs is 1. The summed E-state index contributed by atoms with van der Waals surface area (Å²) >= 11 is 3.67. The minimum absolute atomic E-state index is 0.605. The molecule has 2 nitrogen and oxygen atoms in total. The van der Waals surface area contributed by atoms with Crippen molar-refractivity contribution in [2.75, 3.05) is 0 Å². The highest BCUT2D eigenvalue weighted by atomic mass is 79.9. The predicted molar refractivity (Wildman–Crippen MR) is 72.0 cm³/mol. The number of para-hydroxylation sites is 1. The highest BCUT2D eigenvalue weighted by molar-refractivity contribution is 9.09. The fraction of sp³-hybridized carbons (Fsp3) is 0.462. The summed E-state index contributed by atoms with van der Waals surface area (Å²) in [7, 11) is 2.01. The second kappa shape index (κ2) is 5.00. The van der Waals surface area contributed by atoms with E-state index in [9.17, 15) is 0 Å². The Morgan fingerprint density at radius 2 is 2.12 bits per heavy atom. The lowest BCUT2D eigenvalue weighted by atomic mass is 10.1. The average molecular weight is 281 g/mol. The van der Waals surface area contributed by atoms with Gasteiger partial charge in [0.15, 0.2) is 0 Å². The van der Waals surface area contributed by atoms with E-state index in [1.54, 1.807) is 0 Å². The van der Waals surface area contributed by atoms with Crippen LogP contribution in [-0.4, -0.2) is 14.6 Å². The number of nitrogens with zero attached hydrogens (tertiary/aromatic N) is 2. The van der Waals surface area contributed by atoms with Crippen molar-refractivity contribution in [1.82, 2.24) is 9.78 Å². The fourth-order valence-corrected chi connectivity index (χ4v) is 2.20. The van der Waals surface area contributed by atoms with E-state index in [4.69, 9.17) is 0 Å². The van der Waals surface area contributed by atoms with Gasteiger partial charge in [-0.3, -0.25) is 4.68 Å². The molecule has 0 aliphatic carbocycles. The topological polar surface area (TPSA) is 17.8 Å². The van der Waals surface area contributed by atoms with Crippen LogP contribution in [0.2, 0.25) is 0 Å². The molecule has 0 fully saturated rings. The first kappa shape index (κ1) is 11.6. The van der Waals surface area contributed by atoms with Crippen molar-refractivity contribution in [1.29, 1.82) is 0 Å². The van der Waals surface area contributed by atoms with Crippen molar-refractivity contribution in [3.63, 3.8) is 0 Å². The summed E-state index contributed by atoms with van der Waals surface area (Å²) < 4.78 is 1.97. The van der Waals surface area contributed by atoms with Gasteiger partial charge in [-0.05, 0) is 25.3 Å². The van der Waals surface area contributed by atoms with Crippen LogP contribution in [0.5, 0.6) is 0 Å². The number of aromatic nitrogens is 2. The Kier molecular flexibility index (Phi) is 3.64. The second-order valence-corrected chi connectivity index (χ2v) is 5.43. The van der Waals surface area contributed by atoms with E-state index in [0.717, 1.165) is 12.8 Å². The smallest absolute Gasteiger partial charge is 0.0703 e. The van der Waals surface area contributed by atoms with Crippen molar-refractivity contribution < 1.29 is 0 Å². The number of hydrogen-bond donors (Lipinski definition) is 0. The van der Waals surface area contributed by atoms with Crippen molar-refractivity contribution >= 4 is 26.8 Å². The van der Waals surface area contributed by atoms with Gasteiger partial charge in [-0.2, -0.15) is 5.10 Å². The number of rotatable bonds is 4. The van der Waals surface area contributed by atoms with E-state index in [-0.39, 0.29) is 0 Å². The molecule has 1 atom stereocenters. The molecule has 0 amide bonds. The van der Waals surface area contributed by atoms with Crippen molar-refractivity contribution in [2.24, 2.45) is 7.05 Å². The molecule has 0 saturated heterocycles. The molecule has 0 bridgehead atoms. The third kappa shape index (κ3) is 2.29. The molecule has 0 N–H and O–H groups in total. The summed E-state index contributed by atoms with van der Waals surface area (Å²) in [5.74, 6) is 0. The van der Waals surface area contributed by atoms with Gasteiger partial charge in [-0.15, -0.1) is 0 Å². The highest BCUT2D eigenvalue weighted by Gasteiger charge is 2.09. The van der Waals surface area contributed by atoms with Gasteiger partial charge in [0.25, 0.3) is 0 Å². The first-order chi connectivity index (χ1) is 7.72. The van der Waals surface area contributed by atoms with Gasteiger partial charge in [-0.25, -0.2) is 0 Å². The van der Waals surface area contributed by atoms with E-state index in [0.29, 0.717) is 4.83 Å². The Morgan fingerprint density at radius 3 is 2.88 bits per heavy atom. The number of hydrogen-bond acceptors (Lipinski definition) is 1. The molecule has 1 unspecified atom stereocenters. The van der Waals surface area contributed by atoms with Gasteiger partial charge in [0, 0.05) is 17.3 Å². The molecule has 86 valence electrons. The molecule has 0 saturated carbocycles. The summed E-state index contributed by atoms with van der Waals surface area (Å²) in [6, 6.07) is 8.43. The van der Waals surface area contributed by atoms with Crippen LogP contribution in [0, 0.1) is 0 Å². The van der Waals surface area contributed by atoms with Crippen LogP contribution in [-0.2, 0) is 13.5 Å². The lowest BCUT2D eigenvalue weighted by Crippen LogP contribution is -1.99. The predicted octanol–water partition coefficient (Wildman–Crippen LogP) is 3.68. The Bertz CT molecular complexity index is 476.